The number of fused-ring (bicyclic) bond motifs is 3. The first-order chi connectivity index (χ1) is 13.3. The molecule has 146 valence electrons. The second-order valence-corrected chi connectivity index (χ2v) is 7.99. The number of hydrogen-bond donors (Lipinski definition) is 1. The van der Waals surface area contributed by atoms with Gasteiger partial charge in [0.2, 0.25) is 0 Å². The van der Waals surface area contributed by atoms with Gasteiger partial charge in [-0.2, -0.15) is 13.5 Å². The number of imidazole rings is 1. The lowest BCUT2D eigenvalue weighted by atomic mass is 10.1. The van der Waals surface area contributed by atoms with Crippen LogP contribution >= 0.6 is 0 Å². The molecule has 3 aromatic rings. The highest BCUT2D eigenvalue weighted by Gasteiger charge is 2.21. The van der Waals surface area contributed by atoms with Crippen LogP contribution in [0.25, 0.3) is 29.0 Å². The Morgan fingerprint density at radius 1 is 1.29 bits per heavy atom. The van der Waals surface area contributed by atoms with Crippen molar-refractivity contribution >= 4 is 16.2 Å². The van der Waals surface area contributed by atoms with Gasteiger partial charge in [0.15, 0.2) is 5.82 Å². The maximum absolute atomic E-state index is 10.9. The number of benzene rings is 1. The second-order valence-electron chi connectivity index (χ2n) is 6.69. The molecule has 4 rings (SSSR count). The Kier molecular flexibility index (Phi) is 4.52. The summed E-state index contributed by atoms with van der Waals surface area (Å²) >= 11 is 0. The quantitative estimate of drug-likeness (QED) is 0.669. The van der Waals surface area contributed by atoms with E-state index in [0.717, 1.165) is 22.5 Å². The lowest BCUT2D eigenvalue weighted by Gasteiger charge is -2.08. The first-order valence-corrected chi connectivity index (χ1v) is 10.2. The van der Waals surface area contributed by atoms with Crippen LogP contribution in [-0.4, -0.2) is 43.9 Å². The summed E-state index contributed by atoms with van der Waals surface area (Å²) in [5, 5.41) is 5.01. The molecule has 10 heteroatoms. The van der Waals surface area contributed by atoms with E-state index in [4.69, 9.17) is 14.3 Å². The molecular weight excluding hydrogens is 382 g/mol. The first-order valence-electron chi connectivity index (χ1n) is 8.71. The van der Waals surface area contributed by atoms with E-state index in [1.54, 1.807) is 12.1 Å². The minimum Gasteiger partial charge on any atom is -0.491 e. The molecule has 1 aliphatic heterocycles. The summed E-state index contributed by atoms with van der Waals surface area (Å²) in [4.78, 5) is 9.11. The van der Waals surface area contributed by atoms with Gasteiger partial charge in [-0.15, -0.1) is 0 Å². The van der Waals surface area contributed by atoms with E-state index in [9.17, 15) is 8.42 Å². The molecule has 1 aromatic carbocycles. The van der Waals surface area contributed by atoms with Gasteiger partial charge < -0.3 is 9.30 Å². The predicted molar refractivity (Wildman–Crippen MR) is 103 cm³/mol. The third-order valence-corrected chi connectivity index (χ3v) is 4.82. The molecule has 0 aliphatic carbocycles. The number of nitrogens with zero attached hydrogens (tertiary/aromatic N) is 5. The Hall–Kier alpha value is -2.98. The number of aromatic nitrogens is 5. The topological polar surface area (TPSA) is 112 Å². The fourth-order valence-electron chi connectivity index (χ4n) is 3.09. The smallest absolute Gasteiger partial charge is 0.287 e. The minimum absolute atomic E-state index is 0.159. The van der Waals surface area contributed by atoms with Gasteiger partial charge in [0, 0.05) is 12.2 Å². The Morgan fingerprint density at radius 3 is 2.86 bits per heavy atom. The minimum atomic E-state index is -4.19. The molecule has 0 saturated carbocycles. The Bertz CT molecular complexity index is 1160. The monoisotopic (exact) mass is 401 g/mol. The standard InChI is InChI=1S/C18H19N5O4S/c1-12(2)23-18(19-11-20-23)15-10-22-6-7-27-16-9-13(5-8-28(24,25)26)3-4-14(16)17(22)21-15/h3-5,8-12H,6-7H2,1-2H3,(H,24,25,26). The van der Waals surface area contributed by atoms with Gasteiger partial charge >= 0.3 is 0 Å². The van der Waals surface area contributed by atoms with Gasteiger partial charge in [-0.25, -0.2) is 14.6 Å². The highest BCUT2D eigenvalue weighted by molar-refractivity contribution is 7.88. The van der Waals surface area contributed by atoms with E-state index in [1.807, 2.05) is 35.4 Å². The summed E-state index contributed by atoms with van der Waals surface area (Å²) in [7, 11) is -4.19. The van der Waals surface area contributed by atoms with Crippen LogP contribution in [0.1, 0.15) is 25.5 Å². The Labute approximate surface area is 162 Å². The van der Waals surface area contributed by atoms with Crippen molar-refractivity contribution in [3.63, 3.8) is 0 Å². The van der Waals surface area contributed by atoms with E-state index in [0.29, 0.717) is 30.3 Å². The van der Waals surface area contributed by atoms with Crippen molar-refractivity contribution < 1.29 is 17.7 Å². The maximum Gasteiger partial charge on any atom is 0.287 e. The fraction of sp³-hybridized carbons (Fsp3) is 0.278. The number of ether oxygens (including phenoxy) is 1. The summed E-state index contributed by atoms with van der Waals surface area (Å²) < 4.78 is 40.3. The normalized spacial score (nSPS) is 14.0. The molecule has 0 amide bonds. The van der Waals surface area contributed by atoms with Gasteiger partial charge in [-0.3, -0.25) is 4.55 Å². The van der Waals surface area contributed by atoms with Gasteiger partial charge in [-0.1, -0.05) is 6.07 Å². The number of hydrogen-bond acceptors (Lipinski definition) is 6. The van der Waals surface area contributed by atoms with Crippen LogP contribution in [0.2, 0.25) is 0 Å². The predicted octanol–water partition coefficient (Wildman–Crippen LogP) is 2.64. The van der Waals surface area contributed by atoms with Crippen molar-refractivity contribution in [1.29, 1.82) is 0 Å². The van der Waals surface area contributed by atoms with Crippen molar-refractivity contribution in [2.75, 3.05) is 6.61 Å². The van der Waals surface area contributed by atoms with Gasteiger partial charge in [-0.05, 0) is 37.6 Å². The van der Waals surface area contributed by atoms with Crippen LogP contribution in [0.15, 0.2) is 36.1 Å². The van der Waals surface area contributed by atoms with Gasteiger partial charge in [0.05, 0.1) is 17.5 Å². The molecule has 2 aromatic heterocycles. The molecule has 0 saturated heterocycles. The molecule has 0 unspecified atom stereocenters. The molecule has 0 bridgehead atoms. The van der Waals surface area contributed by atoms with Gasteiger partial charge in [0.25, 0.3) is 10.1 Å². The van der Waals surface area contributed by atoms with E-state index in [2.05, 4.69) is 10.1 Å². The molecule has 28 heavy (non-hydrogen) atoms. The Morgan fingerprint density at radius 2 is 2.11 bits per heavy atom. The molecule has 3 heterocycles. The largest absolute Gasteiger partial charge is 0.491 e. The van der Waals surface area contributed by atoms with E-state index in [1.165, 1.54) is 12.4 Å². The third-order valence-electron chi connectivity index (χ3n) is 4.34. The van der Waals surface area contributed by atoms with Crippen molar-refractivity contribution in [2.24, 2.45) is 0 Å². The second kappa shape index (κ2) is 6.88. The highest BCUT2D eigenvalue weighted by Crippen LogP contribution is 2.34. The average molecular weight is 401 g/mol. The molecule has 0 radical (unpaired) electrons. The lowest BCUT2D eigenvalue weighted by Crippen LogP contribution is -2.06. The molecule has 9 nitrogen and oxygen atoms in total. The van der Waals surface area contributed by atoms with E-state index < -0.39 is 10.1 Å². The molecule has 0 fully saturated rings. The SMILES string of the molecule is CC(C)n1ncnc1-c1cn2c(n1)-c1ccc(C=CS(=O)(=O)O)cc1OCC2. The summed E-state index contributed by atoms with van der Waals surface area (Å²) in [6.45, 7) is 5.12. The molecule has 0 spiro atoms. The van der Waals surface area contributed by atoms with Crippen molar-refractivity contribution in [3.8, 4) is 28.7 Å². The van der Waals surface area contributed by atoms with Crippen LogP contribution in [-0.2, 0) is 16.7 Å². The van der Waals surface area contributed by atoms with Gasteiger partial charge in [0.1, 0.15) is 30.2 Å². The fourth-order valence-corrected chi connectivity index (χ4v) is 3.41. The summed E-state index contributed by atoms with van der Waals surface area (Å²) in [5.41, 5.74) is 2.11. The summed E-state index contributed by atoms with van der Waals surface area (Å²) in [6.07, 6.45) is 4.76. The molecular formula is C18H19N5O4S. The summed E-state index contributed by atoms with van der Waals surface area (Å²) in [5.74, 6) is 2.04. The van der Waals surface area contributed by atoms with E-state index in [-0.39, 0.29) is 6.04 Å². The number of rotatable bonds is 4. The zero-order chi connectivity index (χ0) is 19.9. The zero-order valence-corrected chi connectivity index (χ0v) is 16.2. The molecule has 1 N–H and O–H groups in total. The van der Waals surface area contributed by atoms with Crippen LogP contribution < -0.4 is 4.74 Å². The van der Waals surface area contributed by atoms with Crippen LogP contribution in [0.3, 0.4) is 0 Å². The van der Waals surface area contributed by atoms with Crippen LogP contribution in [0.5, 0.6) is 5.75 Å². The average Bonchev–Trinajstić information content (AvgIpc) is 3.23. The van der Waals surface area contributed by atoms with Crippen LogP contribution in [0.4, 0.5) is 0 Å². The van der Waals surface area contributed by atoms with E-state index >= 15 is 0 Å². The highest BCUT2D eigenvalue weighted by atomic mass is 32.2. The zero-order valence-electron chi connectivity index (χ0n) is 15.3. The molecule has 1 aliphatic rings. The summed E-state index contributed by atoms with van der Waals surface area (Å²) in [6, 6.07) is 5.44. The third kappa shape index (κ3) is 3.56. The maximum atomic E-state index is 10.9. The first kappa shape index (κ1) is 18.4. The van der Waals surface area contributed by atoms with Crippen LogP contribution in [0, 0.1) is 0 Å². The Balaban J connectivity index is 1.76. The van der Waals surface area contributed by atoms with Crippen molar-refractivity contribution in [2.45, 2.75) is 26.4 Å². The van der Waals surface area contributed by atoms with Crippen molar-refractivity contribution in [3.05, 3.63) is 41.7 Å². The molecule has 0 atom stereocenters. The van der Waals surface area contributed by atoms with Crippen molar-refractivity contribution in [1.82, 2.24) is 24.3 Å². The lowest BCUT2D eigenvalue weighted by molar-refractivity contribution is 0.306.